The number of carbonyl (C=O) groups excluding carboxylic acids is 2. The third-order valence-corrected chi connectivity index (χ3v) is 8.36. The van der Waals surface area contributed by atoms with Crippen molar-refractivity contribution in [3.63, 3.8) is 0 Å². The first-order valence-electron chi connectivity index (χ1n) is 12.0. The Hall–Kier alpha value is -1.79. The second-order valence-corrected chi connectivity index (χ2v) is 11.8. The maximum absolute atomic E-state index is 12.8. The first-order valence-corrected chi connectivity index (χ1v) is 12.8. The van der Waals surface area contributed by atoms with E-state index < -0.39 is 33.9 Å². The van der Waals surface area contributed by atoms with Crippen LogP contribution in [-0.2, 0) is 21.9 Å². The van der Waals surface area contributed by atoms with E-state index in [1.165, 1.54) is 26.7 Å². The van der Waals surface area contributed by atoms with Crippen LogP contribution >= 0.6 is 11.9 Å². The number of primary amides is 1. The highest BCUT2D eigenvalue weighted by Crippen LogP contribution is 2.50. The summed E-state index contributed by atoms with van der Waals surface area (Å²) in [5.74, 6) is 1.96. The summed E-state index contributed by atoms with van der Waals surface area (Å²) in [5.41, 5.74) is 1.74. The number of halogens is 6. The maximum atomic E-state index is 12.8. The number of nitrogens with one attached hydrogen (secondary N) is 2. The molecule has 2 fully saturated rings. The van der Waals surface area contributed by atoms with Crippen LogP contribution in [0.1, 0.15) is 64.5 Å². The Balaban J connectivity index is 0.000000269. The lowest BCUT2D eigenvalue weighted by Crippen LogP contribution is -2.52. The van der Waals surface area contributed by atoms with Gasteiger partial charge >= 0.3 is 12.4 Å². The average molecular weight is 556 g/mol. The molecule has 2 saturated carbocycles. The second kappa shape index (κ2) is 11.5. The zero-order chi connectivity index (χ0) is 28.4. The van der Waals surface area contributed by atoms with E-state index in [1.807, 2.05) is 7.05 Å². The number of rotatable bonds is 6. The predicted molar refractivity (Wildman–Crippen MR) is 130 cm³/mol. The molecule has 4 N–H and O–H groups in total. The lowest BCUT2D eigenvalue weighted by atomic mass is 9.57. The molecule has 210 valence electrons. The van der Waals surface area contributed by atoms with Gasteiger partial charge in [-0.25, -0.2) is 4.72 Å². The van der Waals surface area contributed by atoms with Gasteiger partial charge in [0.2, 0.25) is 5.91 Å². The fourth-order valence-corrected chi connectivity index (χ4v) is 6.33. The molecule has 2 bridgehead atoms. The topological polar surface area (TPSA) is 84.2 Å². The van der Waals surface area contributed by atoms with Crippen LogP contribution in [0.5, 0.6) is 0 Å². The molecule has 1 aromatic carbocycles. The van der Waals surface area contributed by atoms with Crippen LogP contribution in [0.3, 0.4) is 0 Å². The van der Waals surface area contributed by atoms with Gasteiger partial charge in [-0.15, -0.1) is 0 Å². The van der Waals surface area contributed by atoms with Crippen molar-refractivity contribution in [1.82, 2.24) is 10.0 Å². The average Bonchev–Trinajstić information content (AvgIpc) is 2.76. The van der Waals surface area contributed by atoms with Crippen molar-refractivity contribution in [1.29, 1.82) is 0 Å². The molecule has 1 aromatic rings. The van der Waals surface area contributed by atoms with Crippen LogP contribution in [0.25, 0.3) is 0 Å². The summed E-state index contributed by atoms with van der Waals surface area (Å²) in [4.78, 5) is 21.6. The molecule has 2 aliphatic rings. The van der Waals surface area contributed by atoms with Crippen molar-refractivity contribution in [2.45, 2.75) is 82.2 Å². The highest BCUT2D eigenvalue weighted by Gasteiger charge is 2.47. The number of hydrogen-bond acceptors (Lipinski definition) is 5. The Kier molecular flexibility index (Phi) is 9.79. The SMILES string of the molecule is CC(C)(C=O)NSc1cc(C(F)(F)F)ccc1C(F)(F)F.CNC1C(C)CC2CC1CC(C)(C(N)=O)C2. The number of amides is 1. The highest BCUT2D eigenvalue weighted by molar-refractivity contribution is 7.97. The molecule has 0 aromatic heterocycles. The number of fused-ring (bicyclic) bond motifs is 2. The summed E-state index contributed by atoms with van der Waals surface area (Å²) in [6, 6.07) is 1.72. The van der Waals surface area contributed by atoms with Crippen LogP contribution in [0.15, 0.2) is 23.1 Å². The predicted octanol–water partition coefficient (Wildman–Crippen LogP) is 5.82. The minimum absolute atomic E-state index is 0.105. The molecule has 5 atom stereocenters. The maximum Gasteiger partial charge on any atom is 0.417 e. The fourth-order valence-electron chi connectivity index (χ4n) is 5.43. The van der Waals surface area contributed by atoms with E-state index in [0.29, 0.717) is 54.3 Å². The van der Waals surface area contributed by atoms with E-state index in [2.05, 4.69) is 23.9 Å². The molecule has 37 heavy (non-hydrogen) atoms. The van der Waals surface area contributed by atoms with Crippen LogP contribution < -0.4 is 15.8 Å². The number of aldehydes is 1. The Morgan fingerprint density at radius 3 is 2.22 bits per heavy atom. The van der Waals surface area contributed by atoms with Gasteiger partial charge in [0.05, 0.1) is 16.7 Å². The van der Waals surface area contributed by atoms with Crippen molar-refractivity contribution >= 4 is 24.1 Å². The first kappa shape index (κ1) is 31.4. The number of alkyl halides is 6. The highest BCUT2D eigenvalue weighted by atomic mass is 32.2. The molecular formula is C25H35F6N3O2S. The molecule has 0 saturated heterocycles. The van der Waals surface area contributed by atoms with E-state index in [0.717, 1.165) is 18.8 Å². The number of carbonyl (C=O) groups is 2. The van der Waals surface area contributed by atoms with Crippen molar-refractivity contribution in [3.05, 3.63) is 29.3 Å². The quantitative estimate of drug-likeness (QED) is 0.234. The van der Waals surface area contributed by atoms with Gasteiger partial charge in [-0.2, -0.15) is 26.3 Å². The number of benzene rings is 1. The smallest absolute Gasteiger partial charge is 0.369 e. The molecular weight excluding hydrogens is 520 g/mol. The summed E-state index contributed by atoms with van der Waals surface area (Å²) in [6.07, 6.45) is -4.61. The minimum Gasteiger partial charge on any atom is -0.369 e. The Morgan fingerprint density at radius 1 is 1.11 bits per heavy atom. The molecule has 0 spiro atoms. The fraction of sp³-hybridized carbons (Fsp3) is 0.680. The molecule has 3 rings (SSSR count). The first-order chi connectivity index (χ1) is 16.8. The number of hydrogen-bond donors (Lipinski definition) is 3. The van der Waals surface area contributed by atoms with Crippen LogP contribution in [0.2, 0.25) is 0 Å². The van der Waals surface area contributed by atoms with Crippen molar-refractivity contribution in [3.8, 4) is 0 Å². The van der Waals surface area contributed by atoms with Crippen LogP contribution in [0.4, 0.5) is 26.3 Å². The summed E-state index contributed by atoms with van der Waals surface area (Å²) in [5, 5.41) is 3.43. The summed E-state index contributed by atoms with van der Waals surface area (Å²) in [6.45, 7) is 7.15. The molecule has 1 amide bonds. The van der Waals surface area contributed by atoms with Crippen molar-refractivity contribution < 1.29 is 35.9 Å². The van der Waals surface area contributed by atoms with Gasteiger partial charge in [-0.1, -0.05) is 13.8 Å². The lowest BCUT2D eigenvalue weighted by molar-refractivity contribution is -0.143. The molecule has 12 heteroatoms. The standard InChI is InChI=1S/C13H24N2O.C12H11F6NOS/c1-8-4-9-5-10(11(8)15-3)7-13(2,6-9)12(14)16;1-10(2,6-20)19-21-9-5-7(11(13,14)15)3-4-8(9)12(16,17)18/h8-11,15H,4-7H2,1-3H3,(H2,14,16);3-6,19H,1-2H3. The third-order valence-electron chi connectivity index (χ3n) is 7.18. The molecule has 0 heterocycles. The summed E-state index contributed by atoms with van der Waals surface area (Å²) < 4.78 is 78.5. The third kappa shape index (κ3) is 8.10. The Bertz CT molecular complexity index is 967. The molecule has 5 unspecified atom stereocenters. The molecule has 0 radical (unpaired) electrons. The van der Waals surface area contributed by atoms with Gasteiger partial charge in [-0.3, -0.25) is 4.79 Å². The van der Waals surface area contributed by atoms with Gasteiger partial charge in [0.15, 0.2) is 0 Å². The minimum atomic E-state index is -4.79. The molecule has 5 nitrogen and oxygen atoms in total. The van der Waals surface area contributed by atoms with E-state index in [-0.39, 0.29) is 11.3 Å². The van der Waals surface area contributed by atoms with Crippen LogP contribution in [0, 0.1) is 23.2 Å². The van der Waals surface area contributed by atoms with Crippen molar-refractivity contribution in [2.75, 3.05) is 7.05 Å². The van der Waals surface area contributed by atoms with E-state index in [4.69, 9.17) is 5.73 Å². The van der Waals surface area contributed by atoms with Gasteiger partial charge in [0.25, 0.3) is 0 Å². The van der Waals surface area contributed by atoms with Gasteiger partial charge in [0, 0.05) is 16.4 Å². The van der Waals surface area contributed by atoms with Gasteiger partial charge < -0.3 is 15.8 Å². The summed E-state index contributed by atoms with van der Waals surface area (Å²) in [7, 11) is 2.04. The normalized spacial score (nSPS) is 28.2. The van der Waals surface area contributed by atoms with Crippen molar-refractivity contribution in [2.24, 2.45) is 28.9 Å². The summed E-state index contributed by atoms with van der Waals surface area (Å²) >= 11 is 0.334. The zero-order valence-electron chi connectivity index (χ0n) is 21.5. The number of nitrogens with two attached hydrogens (primary N) is 1. The van der Waals surface area contributed by atoms with E-state index >= 15 is 0 Å². The second-order valence-electron chi connectivity index (χ2n) is 11.0. The Labute approximate surface area is 217 Å². The van der Waals surface area contributed by atoms with Gasteiger partial charge in [0.1, 0.15) is 6.29 Å². The zero-order valence-corrected chi connectivity index (χ0v) is 22.3. The van der Waals surface area contributed by atoms with Gasteiger partial charge in [-0.05, 0) is 94.5 Å². The monoisotopic (exact) mass is 555 g/mol. The van der Waals surface area contributed by atoms with E-state index in [1.54, 1.807) is 0 Å². The lowest BCUT2D eigenvalue weighted by Gasteiger charge is -2.49. The molecule has 2 aliphatic carbocycles. The molecule has 0 aliphatic heterocycles. The van der Waals surface area contributed by atoms with E-state index in [9.17, 15) is 35.9 Å². The Morgan fingerprint density at radius 2 is 1.73 bits per heavy atom. The van der Waals surface area contributed by atoms with Crippen LogP contribution in [-0.4, -0.2) is 30.8 Å². The largest absolute Gasteiger partial charge is 0.417 e.